The van der Waals surface area contributed by atoms with Crippen molar-refractivity contribution in [1.29, 1.82) is 0 Å². The predicted octanol–water partition coefficient (Wildman–Crippen LogP) is 2.37. The average molecular weight is 205 g/mol. The third-order valence-corrected chi connectivity index (χ3v) is 2.35. The summed E-state index contributed by atoms with van der Waals surface area (Å²) in [6.07, 6.45) is 4.97. The van der Waals surface area contributed by atoms with E-state index in [2.05, 4.69) is 30.9 Å². The van der Waals surface area contributed by atoms with Crippen LogP contribution >= 0.6 is 0 Å². The summed E-state index contributed by atoms with van der Waals surface area (Å²) in [5.74, 6) is 0.771. The lowest BCUT2D eigenvalue weighted by Crippen LogP contribution is -2.17. The summed E-state index contributed by atoms with van der Waals surface area (Å²) < 4.78 is 7.19. The van der Waals surface area contributed by atoms with Crippen LogP contribution in [-0.2, 0) is 12.5 Å². The van der Waals surface area contributed by atoms with Gasteiger partial charge in [-0.2, -0.15) is 5.10 Å². The first kappa shape index (κ1) is 9.96. The molecule has 4 heteroatoms. The van der Waals surface area contributed by atoms with E-state index in [0.29, 0.717) is 0 Å². The molecule has 0 fully saturated rings. The van der Waals surface area contributed by atoms with Crippen LogP contribution in [0.25, 0.3) is 11.3 Å². The second kappa shape index (κ2) is 3.22. The van der Waals surface area contributed by atoms with Crippen molar-refractivity contribution in [2.45, 2.75) is 26.2 Å². The molecule has 0 saturated heterocycles. The molecule has 80 valence electrons. The summed E-state index contributed by atoms with van der Waals surface area (Å²) in [5.41, 5.74) is 2.20. The van der Waals surface area contributed by atoms with Gasteiger partial charge in [-0.05, 0) is 0 Å². The summed E-state index contributed by atoms with van der Waals surface area (Å²) >= 11 is 0. The Hall–Kier alpha value is -1.58. The second-order valence-electron chi connectivity index (χ2n) is 4.65. The molecule has 0 amide bonds. The Morgan fingerprint density at radius 1 is 1.27 bits per heavy atom. The predicted molar refractivity (Wildman–Crippen MR) is 57.4 cm³/mol. The highest BCUT2D eigenvalue weighted by atomic mass is 16.3. The molecular formula is C11H15N3O. The minimum atomic E-state index is 0.0351. The minimum absolute atomic E-state index is 0.0351. The molecule has 0 saturated carbocycles. The molecule has 2 aromatic rings. The Bertz CT molecular complexity index is 449. The topological polar surface area (TPSA) is 43.9 Å². The van der Waals surface area contributed by atoms with E-state index < -0.39 is 0 Å². The van der Waals surface area contributed by atoms with Crippen molar-refractivity contribution in [3.8, 4) is 11.3 Å². The molecule has 2 rings (SSSR count). The van der Waals surface area contributed by atoms with Gasteiger partial charge in [-0.1, -0.05) is 20.8 Å². The molecule has 0 atom stereocenters. The third-order valence-electron chi connectivity index (χ3n) is 2.35. The number of aryl methyl sites for hydroxylation is 1. The van der Waals surface area contributed by atoms with Crippen molar-refractivity contribution in [2.75, 3.05) is 0 Å². The maximum Gasteiger partial charge on any atom is 0.181 e. The van der Waals surface area contributed by atoms with Crippen molar-refractivity contribution in [3.05, 3.63) is 24.5 Å². The fourth-order valence-corrected chi connectivity index (χ4v) is 1.86. The van der Waals surface area contributed by atoms with Crippen molar-refractivity contribution in [2.24, 2.45) is 7.05 Å². The van der Waals surface area contributed by atoms with Crippen LogP contribution < -0.4 is 0 Å². The van der Waals surface area contributed by atoms with E-state index in [1.54, 1.807) is 6.20 Å². The van der Waals surface area contributed by atoms with Gasteiger partial charge in [-0.25, -0.2) is 4.98 Å². The second-order valence-corrected chi connectivity index (χ2v) is 4.65. The first-order valence-corrected chi connectivity index (χ1v) is 4.91. The summed E-state index contributed by atoms with van der Waals surface area (Å²) in [4.78, 5) is 3.93. The van der Waals surface area contributed by atoms with Gasteiger partial charge in [0.1, 0.15) is 0 Å². The first-order chi connectivity index (χ1) is 7.00. The number of hydrogen-bond acceptors (Lipinski definition) is 3. The zero-order valence-corrected chi connectivity index (χ0v) is 9.48. The molecule has 0 aliphatic rings. The lowest BCUT2D eigenvalue weighted by Gasteiger charge is -2.20. The van der Waals surface area contributed by atoms with E-state index in [-0.39, 0.29) is 5.41 Å². The molecule has 15 heavy (non-hydrogen) atoms. The van der Waals surface area contributed by atoms with Gasteiger partial charge in [0.05, 0.1) is 23.7 Å². The fraction of sp³-hybridized carbons (Fsp3) is 0.455. The number of hydrogen-bond donors (Lipinski definition) is 0. The van der Waals surface area contributed by atoms with E-state index in [1.165, 1.54) is 6.39 Å². The Labute approximate surface area is 88.9 Å². The molecule has 2 aromatic heterocycles. The number of nitrogens with zero attached hydrogens (tertiary/aromatic N) is 3. The van der Waals surface area contributed by atoms with Crippen LogP contribution in [-0.4, -0.2) is 14.8 Å². The monoisotopic (exact) mass is 205 g/mol. The summed E-state index contributed by atoms with van der Waals surface area (Å²) in [7, 11) is 1.94. The standard InChI is InChI=1S/C11H15N3O/c1-11(2,3)10-8(5-13-14(10)4)9-6-12-7-15-9/h5-7H,1-4H3. The van der Waals surface area contributed by atoms with Crippen LogP contribution in [0.1, 0.15) is 26.5 Å². The molecule has 4 nitrogen and oxygen atoms in total. The highest BCUT2D eigenvalue weighted by molar-refractivity contribution is 5.60. The molecule has 0 aliphatic heterocycles. The fourth-order valence-electron chi connectivity index (χ4n) is 1.86. The molecule has 0 unspecified atom stereocenters. The van der Waals surface area contributed by atoms with Crippen LogP contribution in [0.2, 0.25) is 0 Å². The Balaban J connectivity index is 2.59. The van der Waals surface area contributed by atoms with Gasteiger partial charge in [0, 0.05) is 12.5 Å². The molecular weight excluding hydrogens is 190 g/mol. The maximum atomic E-state index is 5.30. The molecule has 0 aliphatic carbocycles. The van der Waals surface area contributed by atoms with Gasteiger partial charge < -0.3 is 4.42 Å². The molecule has 0 spiro atoms. The minimum Gasteiger partial charge on any atom is -0.443 e. The van der Waals surface area contributed by atoms with Crippen LogP contribution in [0.15, 0.2) is 23.2 Å². The lowest BCUT2D eigenvalue weighted by molar-refractivity contribution is 0.519. The van der Waals surface area contributed by atoms with Gasteiger partial charge in [-0.3, -0.25) is 4.68 Å². The molecule has 0 aromatic carbocycles. The molecule has 2 heterocycles. The highest BCUT2D eigenvalue weighted by Gasteiger charge is 2.24. The molecule has 0 bridgehead atoms. The lowest BCUT2D eigenvalue weighted by atomic mass is 9.89. The first-order valence-electron chi connectivity index (χ1n) is 4.91. The normalized spacial score (nSPS) is 12.0. The van der Waals surface area contributed by atoms with Crippen molar-refractivity contribution in [1.82, 2.24) is 14.8 Å². The SMILES string of the molecule is Cn1ncc(-c2cnco2)c1C(C)(C)C. The Morgan fingerprint density at radius 3 is 2.53 bits per heavy atom. The number of rotatable bonds is 1. The van der Waals surface area contributed by atoms with Crippen LogP contribution in [0.5, 0.6) is 0 Å². The summed E-state index contributed by atoms with van der Waals surface area (Å²) in [5, 5.41) is 4.27. The van der Waals surface area contributed by atoms with E-state index in [9.17, 15) is 0 Å². The zero-order valence-electron chi connectivity index (χ0n) is 9.48. The largest absolute Gasteiger partial charge is 0.443 e. The van der Waals surface area contributed by atoms with Crippen LogP contribution in [0.4, 0.5) is 0 Å². The average Bonchev–Trinajstić information content (AvgIpc) is 2.68. The van der Waals surface area contributed by atoms with E-state index in [4.69, 9.17) is 4.42 Å². The van der Waals surface area contributed by atoms with Gasteiger partial charge >= 0.3 is 0 Å². The smallest absolute Gasteiger partial charge is 0.181 e. The molecule has 0 radical (unpaired) electrons. The summed E-state index contributed by atoms with van der Waals surface area (Å²) in [6.45, 7) is 6.47. The quantitative estimate of drug-likeness (QED) is 0.717. The van der Waals surface area contributed by atoms with Crippen molar-refractivity contribution < 1.29 is 4.42 Å². The van der Waals surface area contributed by atoms with Crippen molar-refractivity contribution >= 4 is 0 Å². The van der Waals surface area contributed by atoms with E-state index >= 15 is 0 Å². The van der Waals surface area contributed by atoms with Crippen molar-refractivity contribution in [3.63, 3.8) is 0 Å². The van der Waals surface area contributed by atoms with E-state index in [1.807, 2.05) is 17.9 Å². The van der Waals surface area contributed by atoms with Gasteiger partial charge in [0.2, 0.25) is 0 Å². The summed E-state index contributed by atoms with van der Waals surface area (Å²) in [6, 6.07) is 0. The third kappa shape index (κ3) is 1.67. The van der Waals surface area contributed by atoms with Gasteiger partial charge in [0.25, 0.3) is 0 Å². The van der Waals surface area contributed by atoms with E-state index in [0.717, 1.165) is 17.0 Å². The highest BCUT2D eigenvalue weighted by Crippen LogP contribution is 2.31. The maximum absolute atomic E-state index is 5.30. The van der Waals surface area contributed by atoms with Crippen LogP contribution in [0.3, 0.4) is 0 Å². The molecule has 0 N–H and O–H groups in total. The number of aromatic nitrogens is 3. The van der Waals surface area contributed by atoms with Gasteiger partial charge in [-0.15, -0.1) is 0 Å². The Kier molecular flexibility index (Phi) is 2.14. The Morgan fingerprint density at radius 2 is 2.00 bits per heavy atom. The number of oxazole rings is 1. The van der Waals surface area contributed by atoms with Gasteiger partial charge in [0.15, 0.2) is 12.2 Å². The van der Waals surface area contributed by atoms with Crippen LogP contribution in [0, 0.1) is 0 Å². The zero-order chi connectivity index (χ0) is 11.1.